The van der Waals surface area contributed by atoms with Crippen LogP contribution in [0.3, 0.4) is 0 Å². The third kappa shape index (κ3) is 1.58. The van der Waals surface area contributed by atoms with E-state index in [0.717, 1.165) is 12.3 Å². The van der Waals surface area contributed by atoms with Crippen molar-refractivity contribution < 1.29 is 9.53 Å². The quantitative estimate of drug-likeness (QED) is 0.525. The van der Waals surface area contributed by atoms with Crippen LogP contribution in [0, 0.1) is 22.2 Å². The Morgan fingerprint density at radius 1 is 1.26 bits per heavy atom. The first-order chi connectivity index (χ1) is 8.69. The Morgan fingerprint density at radius 2 is 1.95 bits per heavy atom. The zero-order valence-electron chi connectivity index (χ0n) is 12.9. The first kappa shape index (κ1) is 13.2. The molecule has 2 saturated carbocycles. The maximum Gasteiger partial charge on any atom is 0.303 e. The van der Waals surface area contributed by atoms with Crippen LogP contribution in [0.25, 0.3) is 0 Å². The average Bonchev–Trinajstić information content (AvgIpc) is 2.75. The number of hydrogen-bond donors (Lipinski definition) is 0. The topological polar surface area (TPSA) is 26.3 Å². The highest BCUT2D eigenvalue weighted by molar-refractivity contribution is 5.66. The third-order valence-corrected chi connectivity index (χ3v) is 6.42. The number of hydrogen-bond acceptors (Lipinski definition) is 2. The Hall–Kier alpha value is -0.790. The molecule has 0 radical (unpaired) electrons. The van der Waals surface area contributed by atoms with Crippen molar-refractivity contribution in [1.29, 1.82) is 0 Å². The van der Waals surface area contributed by atoms with Gasteiger partial charge in [-0.1, -0.05) is 33.3 Å². The molecule has 3 aliphatic carbocycles. The predicted octanol–water partition coefficient (Wildman–Crippen LogP) is 4.10. The van der Waals surface area contributed by atoms with Gasteiger partial charge in [-0.25, -0.2) is 0 Å². The molecule has 0 heterocycles. The number of carbonyl (C=O) groups excluding carboxylic acids is 1. The number of esters is 1. The minimum Gasteiger partial charge on any atom is -0.458 e. The molecule has 2 heteroatoms. The van der Waals surface area contributed by atoms with E-state index in [4.69, 9.17) is 4.74 Å². The minimum atomic E-state index is -0.158. The lowest BCUT2D eigenvalue weighted by Crippen LogP contribution is -2.45. The summed E-state index contributed by atoms with van der Waals surface area (Å²) in [5.74, 6) is 0.656. The van der Waals surface area contributed by atoms with Crippen LogP contribution in [-0.2, 0) is 9.53 Å². The summed E-state index contributed by atoms with van der Waals surface area (Å²) in [6.45, 7) is 11.0. The summed E-state index contributed by atoms with van der Waals surface area (Å²) in [5, 5.41) is 0. The van der Waals surface area contributed by atoms with E-state index in [2.05, 4.69) is 33.8 Å². The Balaban J connectivity index is 2.06. The second kappa shape index (κ2) is 3.65. The van der Waals surface area contributed by atoms with Crippen LogP contribution in [0.2, 0.25) is 0 Å². The van der Waals surface area contributed by atoms with E-state index >= 15 is 0 Å². The van der Waals surface area contributed by atoms with Gasteiger partial charge in [0, 0.05) is 6.92 Å². The summed E-state index contributed by atoms with van der Waals surface area (Å²) >= 11 is 0. The van der Waals surface area contributed by atoms with Gasteiger partial charge in [0.1, 0.15) is 6.10 Å². The van der Waals surface area contributed by atoms with E-state index in [1.807, 2.05) is 0 Å². The van der Waals surface area contributed by atoms with Gasteiger partial charge in [-0.15, -0.1) is 0 Å². The van der Waals surface area contributed by atoms with Crippen molar-refractivity contribution in [3.8, 4) is 0 Å². The van der Waals surface area contributed by atoms with Gasteiger partial charge in [-0.05, 0) is 53.9 Å². The second-order valence-electron chi connectivity index (χ2n) is 8.06. The van der Waals surface area contributed by atoms with Crippen LogP contribution in [0.1, 0.15) is 60.3 Å². The first-order valence-electron chi connectivity index (χ1n) is 7.59. The zero-order valence-corrected chi connectivity index (χ0v) is 12.9. The van der Waals surface area contributed by atoms with Crippen molar-refractivity contribution in [2.45, 2.75) is 66.4 Å². The van der Waals surface area contributed by atoms with E-state index in [0.29, 0.717) is 5.41 Å². The molecule has 3 aliphatic rings. The molecule has 0 aromatic carbocycles. The number of carbonyl (C=O) groups is 1. The van der Waals surface area contributed by atoms with E-state index in [1.165, 1.54) is 26.2 Å². The lowest BCUT2D eigenvalue weighted by molar-refractivity contribution is -0.146. The molecule has 2 bridgehead atoms. The third-order valence-electron chi connectivity index (χ3n) is 6.42. The van der Waals surface area contributed by atoms with Crippen molar-refractivity contribution in [2.75, 3.05) is 0 Å². The Labute approximate surface area is 116 Å². The normalized spacial score (nSPS) is 41.6. The van der Waals surface area contributed by atoms with Gasteiger partial charge < -0.3 is 4.74 Å². The molecular formula is C17H26O2. The van der Waals surface area contributed by atoms with Crippen LogP contribution >= 0.6 is 0 Å². The number of allylic oxidation sites excluding steroid dienone is 1. The maximum absolute atomic E-state index is 11.3. The van der Waals surface area contributed by atoms with E-state index in [9.17, 15) is 4.79 Å². The molecule has 1 spiro atoms. The van der Waals surface area contributed by atoms with Crippen LogP contribution in [0.4, 0.5) is 0 Å². The molecule has 0 aliphatic heterocycles. The number of fused-ring (bicyclic) bond motifs is 1. The van der Waals surface area contributed by atoms with Crippen molar-refractivity contribution in [1.82, 2.24) is 0 Å². The fraction of sp³-hybridized carbons (Fsp3) is 0.824. The van der Waals surface area contributed by atoms with E-state index in [1.54, 1.807) is 5.57 Å². The SMILES string of the molecule is CC(=O)OC1C=C2C(C)(C)[C@@H]3CC[C@@]2(C3)C(C)(C)C1. The van der Waals surface area contributed by atoms with Crippen molar-refractivity contribution in [2.24, 2.45) is 22.2 Å². The summed E-state index contributed by atoms with van der Waals surface area (Å²) in [7, 11) is 0. The van der Waals surface area contributed by atoms with Crippen LogP contribution in [0.5, 0.6) is 0 Å². The highest BCUT2D eigenvalue weighted by atomic mass is 16.5. The molecule has 3 atom stereocenters. The van der Waals surface area contributed by atoms with Gasteiger partial charge in [-0.3, -0.25) is 4.79 Å². The minimum absolute atomic E-state index is 0.0215. The maximum atomic E-state index is 11.3. The van der Waals surface area contributed by atoms with E-state index in [-0.39, 0.29) is 22.9 Å². The Kier molecular flexibility index (Phi) is 2.54. The summed E-state index contributed by atoms with van der Waals surface area (Å²) in [5.41, 5.74) is 2.48. The number of rotatable bonds is 1. The fourth-order valence-electron chi connectivity index (χ4n) is 5.33. The summed E-state index contributed by atoms with van der Waals surface area (Å²) in [6.07, 6.45) is 7.28. The van der Waals surface area contributed by atoms with Gasteiger partial charge >= 0.3 is 5.97 Å². The van der Waals surface area contributed by atoms with Crippen molar-refractivity contribution >= 4 is 5.97 Å². The molecule has 0 amide bonds. The Morgan fingerprint density at radius 3 is 2.58 bits per heavy atom. The smallest absolute Gasteiger partial charge is 0.303 e. The summed E-state index contributed by atoms with van der Waals surface area (Å²) < 4.78 is 5.52. The van der Waals surface area contributed by atoms with Gasteiger partial charge in [0.25, 0.3) is 0 Å². The molecule has 0 saturated heterocycles. The monoisotopic (exact) mass is 262 g/mol. The van der Waals surface area contributed by atoms with Crippen molar-refractivity contribution in [3.63, 3.8) is 0 Å². The molecule has 0 N–H and O–H groups in total. The molecule has 2 nitrogen and oxygen atoms in total. The van der Waals surface area contributed by atoms with Gasteiger partial charge in [0.2, 0.25) is 0 Å². The largest absolute Gasteiger partial charge is 0.458 e. The standard InChI is InChI=1S/C17H26O2/c1-11(18)19-13-8-14-16(4,5)12-6-7-17(14,9-12)15(2,3)10-13/h8,12-13H,6-7,9-10H2,1-5H3/t12-,13?,17+/m1/s1. The molecule has 19 heavy (non-hydrogen) atoms. The fourth-order valence-corrected chi connectivity index (χ4v) is 5.33. The molecule has 106 valence electrons. The highest BCUT2D eigenvalue weighted by Gasteiger charge is 2.65. The van der Waals surface area contributed by atoms with Crippen LogP contribution < -0.4 is 0 Å². The van der Waals surface area contributed by atoms with Gasteiger partial charge in [-0.2, -0.15) is 0 Å². The molecule has 0 aromatic heterocycles. The lowest BCUT2D eigenvalue weighted by Gasteiger charge is -2.52. The molecule has 1 unspecified atom stereocenters. The highest BCUT2D eigenvalue weighted by Crippen LogP contribution is 2.73. The lowest BCUT2D eigenvalue weighted by atomic mass is 9.53. The van der Waals surface area contributed by atoms with Crippen molar-refractivity contribution in [3.05, 3.63) is 11.6 Å². The van der Waals surface area contributed by atoms with E-state index < -0.39 is 0 Å². The molecule has 2 fully saturated rings. The van der Waals surface area contributed by atoms with Crippen LogP contribution in [-0.4, -0.2) is 12.1 Å². The van der Waals surface area contributed by atoms with Gasteiger partial charge in [0.05, 0.1) is 0 Å². The summed E-state index contributed by atoms with van der Waals surface area (Å²) in [6, 6.07) is 0. The number of ether oxygens (including phenoxy) is 1. The van der Waals surface area contributed by atoms with Crippen LogP contribution in [0.15, 0.2) is 11.6 Å². The second-order valence-corrected chi connectivity index (χ2v) is 8.06. The summed E-state index contributed by atoms with van der Waals surface area (Å²) in [4.78, 5) is 11.3. The Bertz CT molecular complexity index is 458. The molecule has 0 aromatic rings. The first-order valence-corrected chi connectivity index (χ1v) is 7.59. The predicted molar refractivity (Wildman–Crippen MR) is 75.6 cm³/mol. The average molecular weight is 262 g/mol. The molecule has 3 rings (SSSR count). The zero-order chi connectivity index (χ0) is 14.1. The molecular weight excluding hydrogens is 236 g/mol. The van der Waals surface area contributed by atoms with Gasteiger partial charge in [0.15, 0.2) is 0 Å².